The molecule has 0 spiro atoms. The van der Waals surface area contributed by atoms with Crippen LogP contribution in [0.5, 0.6) is 5.75 Å². The van der Waals surface area contributed by atoms with Crippen molar-refractivity contribution >= 4 is 0 Å². The van der Waals surface area contributed by atoms with Gasteiger partial charge in [0.25, 0.3) is 0 Å². The SMILES string of the molecule is CNC(C)CCc1cccc(-c2ccccc2OC)c1. The van der Waals surface area contributed by atoms with Gasteiger partial charge in [0.05, 0.1) is 7.11 Å². The fraction of sp³-hybridized carbons (Fsp3) is 0.333. The van der Waals surface area contributed by atoms with Crippen LogP contribution in [-0.4, -0.2) is 20.2 Å². The first-order valence-electron chi connectivity index (χ1n) is 7.14. The van der Waals surface area contributed by atoms with Crippen LogP contribution in [-0.2, 0) is 6.42 Å². The third kappa shape index (κ3) is 3.61. The van der Waals surface area contributed by atoms with Crippen LogP contribution < -0.4 is 10.1 Å². The van der Waals surface area contributed by atoms with Crippen molar-refractivity contribution in [2.75, 3.05) is 14.2 Å². The molecule has 2 heteroatoms. The van der Waals surface area contributed by atoms with Gasteiger partial charge < -0.3 is 10.1 Å². The zero-order chi connectivity index (χ0) is 14.4. The van der Waals surface area contributed by atoms with Crippen LogP contribution in [0, 0.1) is 0 Å². The summed E-state index contributed by atoms with van der Waals surface area (Å²) in [4.78, 5) is 0. The number of hydrogen-bond donors (Lipinski definition) is 1. The van der Waals surface area contributed by atoms with Crippen LogP contribution in [0.25, 0.3) is 11.1 Å². The van der Waals surface area contributed by atoms with E-state index in [0.717, 1.165) is 24.2 Å². The summed E-state index contributed by atoms with van der Waals surface area (Å²) in [6.07, 6.45) is 2.23. The molecule has 2 aromatic rings. The summed E-state index contributed by atoms with van der Waals surface area (Å²) < 4.78 is 5.45. The van der Waals surface area contributed by atoms with E-state index in [1.807, 2.05) is 25.2 Å². The van der Waals surface area contributed by atoms with E-state index in [9.17, 15) is 0 Å². The molecule has 1 N–H and O–H groups in total. The summed E-state index contributed by atoms with van der Waals surface area (Å²) in [7, 11) is 3.73. The van der Waals surface area contributed by atoms with Crippen LogP contribution in [0.1, 0.15) is 18.9 Å². The zero-order valence-electron chi connectivity index (χ0n) is 12.5. The molecule has 106 valence electrons. The fourth-order valence-electron chi connectivity index (χ4n) is 2.31. The Balaban J connectivity index is 2.21. The summed E-state index contributed by atoms with van der Waals surface area (Å²) in [6.45, 7) is 2.21. The zero-order valence-corrected chi connectivity index (χ0v) is 12.5. The molecule has 0 saturated heterocycles. The minimum atomic E-state index is 0.546. The van der Waals surface area contributed by atoms with Crippen LogP contribution in [0.3, 0.4) is 0 Å². The number of nitrogens with one attached hydrogen (secondary N) is 1. The van der Waals surface area contributed by atoms with Gasteiger partial charge >= 0.3 is 0 Å². The van der Waals surface area contributed by atoms with E-state index < -0.39 is 0 Å². The molecule has 2 nitrogen and oxygen atoms in total. The van der Waals surface area contributed by atoms with Crippen molar-refractivity contribution in [1.29, 1.82) is 0 Å². The maximum atomic E-state index is 5.45. The van der Waals surface area contributed by atoms with Crippen LogP contribution in [0.4, 0.5) is 0 Å². The Bertz CT molecular complexity index is 551. The summed E-state index contributed by atoms with van der Waals surface area (Å²) in [5, 5.41) is 3.28. The Labute approximate surface area is 121 Å². The number of hydrogen-bond acceptors (Lipinski definition) is 2. The lowest BCUT2D eigenvalue weighted by Gasteiger charge is -2.12. The Morgan fingerprint density at radius 3 is 2.65 bits per heavy atom. The third-order valence-electron chi connectivity index (χ3n) is 3.70. The average molecular weight is 269 g/mol. The molecule has 0 bridgehead atoms. The molecular weight excluding hydrogens is 246 g/mol. The largest absolute Gasteiger partial charge is 0.496 e. The molecule has 0 amide bonds. The number of aryl methyl sites for hydroxylation is 1. The van der Waals surface area contributed by atoms with Crippen molar-refractivity contribution in [3.63, 3.8) is 0 Å². The van der Waals surface area contributed by atoms with Crippen molar-refractivity contribution < 1.29 is 4.74 Å². The monoisotopic (exact) mass is 269 g/mol. The highest BCUT2D eigenvalue weighted by atomic mass is 16.5. The summed E-state index contributed by atoms with van der Waals surface area (Å²) >= 11 is 0. The van der Waals surface area contributed by atoms with Gasteiger partial charge in [-0.15, -0.1) is 0 Å². The predicted molar refractivity (Wildman–Crippen MR) is 85.3 cm³/mol. The van der Waals surface area contributed by atoms with Gasteiger partial charge in [0.2, 0.25) is 0 Å². The highest BCUT2D eigenvalue weighted by molar-refractivity contribution is 5.70. The molecule has 0 aromatic heterocycles. The first-order valence-corrected chi connectivity index (χ1v) is 7.14. The summed E-state index contributed by atoms with van der Waals surface area (Å²) in [5.41, 5.74) is 3.74. The number of ether oxygens (including phenoxy) is 1. The molecule has 0 radical (unpaired) electrons. The highest BCUT2D eigenvalue weighted by Gasteiger charge is 2.06. The molecule has 0 aliphatic carbocycles. The summed E-state index contributed by atoms with van der Waals surface area (Å²) in [5.74, 6) is 0.924. The van der Waals surface area contributed by atoms with Gasteiger partial charge in [-0.25, -0.2) is 0 Å². The van der Waals surface area contributed by atoms with Gasteiger partial charge in [-0.3, -0.25) is 0 Å². The quantitative estimate of drug-likeness (QED) is 0.858. The molecule has 2 rings (SSSR count). The van der Waals surface area contributed by atoms with Crippen LogP contribution in [0.15, 0.2) is 48.5 Å². The second-order valence-corrected chi connectivity index (χ2v) is 5.13. The van der Waals surface area contributed by atoms with Crippen LogP contribution >= 0.6 is 0 Å². The first-order chi connectivity index (χ1) is 9.74. The molecule has 2 aromatic carbocycles. The average Bonchev–Trinajstić information content (AvgIpc) is 2.52. The van der Waals surface area contributed by atoms with Gasteiger partial charge in [-0.1, -0.05) is 42.5 Å². The Morgan fingerprint density at radius 2 is 1.90 bits per heavy atom. The number of rotatable bonds is 6. The van der Waals surface area contributed by atoms with Gasteiger partial charge in [0.15, 0.2) is 0 Å². The van der Waals surface area contributed by atoms with Gasteiger partial charge in [0, 0.05) is 11.6 Å². The molecule has 0 aliphatic heterocycles. The molecule has 0 aliphatic rings. The minimum absolute atomic E-state index is 0.546. The molecule has 0 saturated carbocycles. The second-order valence-electron chi connectivity index (χ2n) is 5.13. The lowest BCUT2D eigenvalue weighted by atomic mass is 9.99. The Kier molecular flexibility index (Phi) is 5.19. The van der Waals surface area contributed by atoms with Crippen molar-refractivity contribution in [2.45, 2.75) is 25.8 Å². The van der Waals surface area contributed by atoms with E-state index >= 15 is 0 Å². The number of para-hydroxylation sites is 1. The fourth-order valence-corrected chi connectivity index (χ4v) is 2.31. The lowest BCUT2D eigenvalue weighted by molar-refractivity contribution is 0.416. The highest BCUT2D eigenvalue weighted by Crippen LogP contribution is 2.30. The van der Waals surface area contributed by atoms with E-state index in [4.69, 9.17) is 4.74 Å². The molecule has 20 heavy (non-hydrogen) atoms. The molecule has 1 atom stereocenters. The van der Waals surface area contributed by atoms with E-state index in [1.54, 1.807) is 7.11 Å². The normalized spacial score (nSPS) is 12.2. The third-order valence-corrected chi connectivity index (χ3v) is 3.70. The van der Waals surface area contributed by atoms with Crippen molar-refractivity contribution in [2.24, 2.45) is 0 Å². The maximum absolute atomic E-state index is 5.45. The van der Waals surface area contributed by atoms with Gasteiger partial charge in [0.1, 0.15) is 5.75 Å². The van der Waals surface area contributed by atoms with Crippen LogP contribution in [0.2, 0.25) is 0 Å². The summed E-state index contributed by atoms with van der Waals surface area (Å²) in [6, 6.07) is 17.4. The molecule has 0 heterocycles. The first kappa shape index (κ1) is 14.6. The predicted octanol–water partition coefficient (Wildman–Crippen LogP) is 3.90. The topological polar surface area (TPSA) is 21.3 Å². The Hall–Kier alpha value is -1.80. The Morgan fingerprint density at radius 1 is 1.10 bits per heavy atom. The molecule has 0 fully saturated rings. The molecule has 1 unspecified atom stereocenters. The molecular formula is C18H23NO. The lowest BCUT2D eigenvalue weighted by Crippen LogP contribution is -2.21. The second kappa shape index (κ2) is 7.11. The van der Waals surface area contributed by atoms with Gasteiger partial charge in [-0.05, 0) is 44.0 Å². The van der Waals surface area contributed by atoms with Gasteiger partial charge in [-0.2, -0.15) is 0 Å². The van der Waals surface area contributed by atoms with E-state index in [2.05, 4.69) is 42.6 Å². The maximum Gasteiger partial charge on any atom is 0.126 e. The van der Waals surface area contributed by atoms with E-state index in [-0.39, 0.29) is 0 Å². The van der Waals surface area contributed by atoms with Crippen molar-refractivity contribution in [1.82, 2.24) is 5.32 Å². The standard InChI is InChI=1S/C18H23NO/c1-14(19-2)11-12-15-7-6-8-16(13-15)17-9-4-5-10-18(17)20-3/h4-10,13-14,19H,11-12H2,1-3H3. The van der Waals surface area contributed by atoms with Crippen molar-refractivity contribution in [3.05, 3.63) is 54.1 Å². The smallest absolute Gasteiger partial charge is 0.126 e. The minimum Gasteiger partial charge on any atom is -0.496 e. The van der Waals surface area contributed by atoms with Crippen molar-refractivity contribution in [3.8, 4) is 16.9 Å². The van der Waals surface area contributed by atoms with E-state index in [0.29, 0.717) is 6.04 Å². The number of methoxy groups -OCH3 is 1. The van der Waals surface area contributed by atoms with E-state index in [1.165, 1.54) is 11.1 Å². The number of benzene rings is 2.